The maximum absolute atomic E-state index is 12.3. The number of nitrogens with one attached hydrogen (secondary N) is 1. The number of carbonyl (C=O) groups excluding carboxylic acids is 1. The molecule has 0 saturated carbocycles. The molecule has 1 aromatic heterocycles. The van der Waals surface area contributed by atoms with E-state index in [-0.39, 0.29) is 12.5 Å². The summed E-state index contributed by atoms with van der Waals surface area (Å²) in [5.41, 5.74) is 1.29. The van der Waals surface area contributed by atoms with Gasteiger partial charge in [0, 0.05) is 27.8 Å². The smallest absolute Gasteiger partial charge is 0.262 e. The van der Waals surface area contributed by atoms with Crippen LogP contribution in [-0.2, 0) is 4.79 Å². The molecule has 2 heterocycles. The minimum Gasteiger partial charge on any atom is -0.486 e. The quantitative estimate of drug-likeness (QED) is 0.577. The first-order valence-corrected chi connectivity index (χ1v) is 9.75. The average Bonchev–Trinajstić information content (AvgIpc) is 2.68. The number of fused-ring (bicyclic) bond motifs is 2. The minimum absolute atomic E-state index is 0.152. The van der Waals surface area contributed by atoms with Crippen LogP contribution in [0.1, 0.15) is 0 Å². The van der Waals surface area contributed by atoms with Crippen LogP contribution in [0.2, 0.25) is 0 Å². The van der Waals surface area contributed by atoms with E-state index in [1.807, 2.05) is 18.2 Å². The predicted molar refractivity (Wildman–Crippen MR) is 109 cm³/mol. The van der Waals surface area contributed by atoms with Crippen molar-refractivity contribution in [2.24, 2.45) is 0 Å². The molecule has 0 radical (unpaired) electrons. The maximum atomic E-state index is 12.3. The molecule has 0 saturated heterocycles. The van der Waals surface area contributed by atoms with Crippen molar-refractivity contribution in [3.8, 4) is 17.2 Å². The number of hydrogen-bond donors (Lipinski definition) is 1. The monoisotopic (exact) mass is 492 g/mol. The van der Waals surface area contributed by atoms with Crippen LogP contribution in [0.4, 0.5) is 5.69 Å². The van der Waals surface area contributed by atoms with Crippen LogP contribution in [0.25, 0.3) is 10.9 Å². The molecule has 0 spiro atoms. The van der Waals surface area contributed by atoms with Gasteiger partial charge in [-0.3, -0.25) is 9.78 Å². The number of halogens is 2. The molecule has 3 aromatic rings. The van der Waals surface area contributed by atoms with Crippen LogP contribution in [0.5, 0.6) is 17.2 Å². The number of aromatic nitrogens is 1. The van der Waals surface area contributed by atoms with Gasteiger partial charge in [-0.1, -0.05) is 22.0 Å². The highest BCUT2D eigenvalue weighted by molar-refractivity contribution is 9.11. The van der Waals surface area contributed by atoms with Crippen LogP contribution >= 0.6 is 31.9 Å². The Labute approximate surface area is 172 Å². The van der Waals surface area contributed by atoms with E-state index in [0.717, 1.165) is 9.86 Å². The lowest BCUT2D eigenvalue weighted by molar-refractivity contribution is -0.118. The molecule has 1 amide bonds. The highest BCUT2D eigenvalue weighted by atomic mass is 79.9. The van der Waals surface area contributed by atoms with Gasteiger partial charge in [0.1, 0.15) is 18.7 Å². The number of pyridine rings is 1. The van der Waals surface area contributed by atoms with Crippen LogP contribution in [0.15, 0.2) is 51.5 Å². The Bertz CT molecular complexity index is 1030. The molecule has 27 heavy (non-hydrogen) atoms. The van der Waals surface area contributed by atoms with E-state index in [2.05, 4.69) is 42.2 Å². The Balaban J connectivity index is 1.48. The van der Waals surface area contributed by atoms with Gasteiger partial charge in [-0.25, -0.2) is 0 Å². The zero-order valence-electron chi connectivity index (χ0n) is 14.0. The first-order valence-electron chi connectivity index (χ1n) is 8.17. The molecule has 4 rings (SSSR count). The topological polar surface area (TPSA) is 69.7 Å². The summed E-state index contributed by atoms with van der Waals surface area (Å²) in [6, 6.07) is 10.9. The van der Waals surface area contributed by atoms with Gasteiger partial charge in [0.15, 0.2) is 23.9 Å². The lowest BCUT2D eigenvalue weighted by atomic mass is 10.2. The van der Waals surface area contributed by atoms with E-state index in [0.29, 0.717) is 46.1 Å². The number of anilines is 1. The standard InChI is InChI=1S/C19H14Br2N2O4/c20-13-9-14(21)19(18-12(13)2-1-5-22-18)27-10-17(24)23-11-3-4-15-16(8-11)26-7-6-25-15/h1-5,8-9H,6-7,10H2,(H,23,24). The Hall–Kier alpha value is -2.32. The van der Waals surface area contributed by atoms with Crippen molar-refractivity contribution in [1.29, 1.82) is 0 Å². The van der Waals surface area contributed by atoms with Gasteiger partial charge in [0.25, 0.3) is 5.91 Å². The second-order valence-corrected chi connectivity index (χ2v) is 7.47. The fourth-order valence-electron chi connectivity index (χ4n) is 2.74. The van der Waals surface area contributed by atoms with E-state index in [9.17, 15) is 4.79 Å². The first-order chi connectivity index (χ1) is 13.1. The summed E-state index contributed by atoms with van der Waals surface area (Å²) in [6.45, 7) is 0.863. The van der Waals surface area contributed by atoms with Crippen molar-refractivity contribution in [1.82, 2.24) is 4.98 Å². The maximum Gasteiger partial charge on any atom is 0.262 e. The molecule has 2 aromatic carbocycles. The Morgan fingerprint density at radius 1 is 1.11 bits per heavy atom. The SMILES string of the molecule is O=C(COc1c(Br)cc(Br)c2cccnc12)Nc1ccc2c(c1)OCCO2. The van der Waals surface area contributed by atoms with Gasteiger partial charge in [0.2, 0.25) is 0 Å². The Morgan fingerprint density at radius 2 is 1.93 bits per heavy atom. The average molecular weight is 494 g/mol. The van der Waals surface area contributed by atoms with Crippen molar-refractivity contribution in [2.45, 2.75) is 0 Å². The van der Waals surface area contributed by atoms with Gasteiger partial charge in [-0.05, 0) is 40.2 Å². The van der Waals surface area contributed by atoms with Crippen molar-refractivity contribution in [2.75, 3.05) is 25.1 Å². The summed E-state index contributed by atoms with van der Waals surface area (Å²) in [5, 5.41) is 3.70. The van der Waals surface area contributed by atoms with Crippen LogP contribution in [-0.4, -0.2) is 30.7 Å². The van der Waals surface area contributed by atoms with E-state index in [1.165, 1.54) is 0 Å². The van der Waals surface area contributed by atoms with Crippen molar-refractivity contribution >= 4 is 54.4 Å². The van der Waals surface area contributed by atoms with Gasteiger partial charge in [0.05, 0.1) is 4.47 Å². The minimum atomic E-state index is -0.287. The molecule has 1 aliphatic heterocycles. The molecular weight excluding hydrogens is 480 g/mol. The molecule has 0 unspecified atom stereocenters. The number of hydrogen-bond acceptors (Lipinski definition) is 5. The highest BCUT2D eigenvalue weighted by Gasteiger charge is 2.15. The first kappa shape index (κ1) is 18.1. The second-order valence-electron chi connectivity index (χ2n) is 5.76. The summed E-state index contributed by atoms with van der Waals surface area (Å²) in [4.78, 5) is 16.7. The number of amides is 1. The fourth-order valence-corrected chi connectivity index (χ4v) is 4.13. The molecule has 6 nitrogen and oxygen atoms in total. The number of rotatable bonds is 4. The summed E-state index contributed by atoms with van der Waals surface area (Å²) < 4.78 is 18.4. The third kappa shape index (κ3) is 3.86. The van der Waals surface area contributed by atoms with Gasteiger partial charge >= 0.3 is 0 Å². The number of benzene rings is 2. The summed E-state index contributed by atoms with van der Waals surface area (Å²) in [6.07, 6.45) is 1.68. The summed E-state index contributed by atoms with van der Waals surface area (Å²) >= 11 is 6.98. The van der Waals surface area contributed by atoms with Crippen LogP contribution < -0.4 is 19.5 Å². The molecule has 1 N–H and O–H groups in total. The Kier molecular flexibility index (Phi) is 5.18. The highest BCUT2D eigenvalue weighted by Crippen LogP contribution is 2.37. The summed E-state index contributed by atoms with van der Waals surface area (Å²) in [7, 11) is 0. The third-order valence-corrected chi connectivity index (χ3v) is 5.17. The lowest BCUT2D eigenvalue weighted by Gasteiger charge is -2.19. The molecule has 0 aliphatic carbocycles. The van der Waals surface area contributed by atoms with E-state index < -0.39 is 0 Å². The van der Waals surface area contributed by atoms with E-state index in [4.69, 9.17) is 14.2 Å². The molecule has 138 valence electrons. The number of carbonyl (C=O) groups is 1. The third-order valence-electron chi connectivity index (χ3n) is 3.92. The van der Waals surface area contributed by atoms with E-state index >= 15 is 0 Å². The lowest BCUT2D eigenvalue weighted by Crippen LogP contribution is -2.21. The normalized spacial score (nSPS) is 12.7. The van der Waals surface area contributed by atoms with Crippen molar-refractivity contribution in [3.63, 3.8) is 0 Å². The van der Waals surface area contributed by atoms with Crippen LogP contribution in [0, 0.1) is 0 Å². The zero-order valence-corrected chi connectivity index (χ0v) is 17.2. The molecule has 0 bridgehead atoms. The summed E-state index contributed by atoms with van der Waals surface area (Å²) in [5.74, 6) is 1.52. The van der Waals surface area contributed by atoms with Crippen LogP contribution in [0.3, 0.4) is 0 Å². The van der Waals surface area contributed by atoms with E-state index in [1.54, 1.807) is 24.4 Å². The van der Waals surface area contributed by atoms with Crippen molar-refractivity contribution in [3.05, 3.63) is 51.5 Å². The number of nitrogens with zero attached hydrogens (tertiary/aromatic N) is 1. The second kappa shape index (κ2) is 7.74. The predicted octanol–water partition coefficient (Wildman–Crippen LogP) is 4.55. The molecule has 0 fully saturated rings. The number of ether oxygens (including phenoxy) is 3. The fraction of sp³-hybridized carbons (Fsp3) is 0.158. The van der Waals surface area contributed by atoms with Gasteiger partial charge in [-0.2, -0.15) is 0 Å². The van der Waals surface area contributed by atoms with Crippen molar-refractivity contribution < 1.29 is 19.0 Å². The molecular formula is C19H14Br2N2O4. The molecule has 8 heteroatoms. The molecule has 1 aliphatic rings. The zero-order chi connectivity index (χ0) is 18.8. The molecule has 0 atom stereocenters. The van der Waals surface area contributed by atoms with Gasteiger partial charge in [-0.15, -0.1) is 0 Å². The Morgan fingerprint density at radius 3 is 2.78 bits per heavy atom. The largest absolute Gasteiger partial charge is 0.486 e. The van der Waals surface area contributed by atoms with Gasteiger partial charge < -0.3 is 19.5 Å².